The van der Waals surface area contributed by atoms with E-state index in [0.29, 0.717) is 19.4 Å². The molecule has 0 spiro atoms. The zero-order valence-corrected chi connectivity index (χ0v) is 12.7. The van der Waals surface area contributed by atoms with Crippen molar-refractivity contribution in [1.82, 2.24) is 5.32 Å². The first kappa shape index (κ1) is 16.5. The molecule has 22 heavy (non-hydrogen) atoms. The number of rotatable bonds is 7. The van der Waals surface area contributed by atoms with Gasteiger partial charge in [-0.1, -0.05) is 30.3 Å². The molecule has 2 unspecified atom stereocenters. The first-order valence-corrected chi connectivity index (χ1v) is 7.79. The lowest BCUT2D eigenvalue weighted by molar-refractivity contribution is -0.137. The Kier molecular flexibility index (Phi) is 6.40. The largest absolute Gasteiger partial charge is 0.481 e. The van der Waals surface area contributed by atoms with Crippen molar-refractivity contribution in [3.63, 3.8) is 0 Å². The number of benzene rings is 1. The van der Waals surface area contributed by atoms with Gasteiger partial charge in [0.2, 0.25) is 5.91 Å². The first-order valence-electron chi connectivity index (χ1n) is 7.79. The second-order valence-corrected chi connectivity index (χ2v) is 5.74. The maximum absolute atomic E-state index is 12.3. The second-order valence-electron chi connectivity index (χ2n) is 5.74. The van der Waals surface area contributed by atoms with E-state index in [-0.39, 0.29) is 24.3 Å². The summed E-state index contributed by atoms with van der Waals surface area (Å²) in [6.07, 6.45) is 2.87. The lowest BCUT2D eigenvalue weighted by atomic mass is 9.98. The Morgan fingerprint density at radius 3 is 2.73 bits per heavy atom. The van der Waals surface area contributed by atoms with E-state index in [4.69, 9.17) is 9.84 Å². The number of nitrogens with one attached hydrogen (secondary N) is 1. The van der Waals surface area contributed by atoms with Crippen LogP contribution in [0.3, 0.4) is 0 Å². The van der Waals surface area contributed by atoms with Crippen molar-refractivity contribution in [3.8, 4) is 0 Å². The summed E-state index contributed by atoms with van der Waals surface area (Å²) in [7, 11) is 0. The van der Waals surface area contributed by atoms with E-state index in [1.54, 1.807) is 0 Å². The van der Waals surface area contributed by atoms with Gasteiger partial charge < -0.3 is 15.2 Å². The van der Waals surface area contributed by atoms with Crippen molar-refractivity contribution in [1.29, 1.82) is 0 Å². The average molecular weight is 305 g/mol. The van der Waals surface area contributed by atoms with Gasteiger partial charge in [-0.3, -0.25) is 9.59 Å². The van der Waals surface area contributed by atoms with Crippen LogP contribution in [0.25, 0.3) is 0 Å². The number of carbonyl (C=O) groups excluding carboxylic acids is 1. The minimum absolute atomic E-state index is 0.0222. The van der Waals surface area contributed by atoms with Crippen LogP contribution in [0.4, 0.5) is 0 Å². The van der Waals surface area contributed by atoms with Crippen LogP contribution in [0, 0.1) is 5.92 Å². The van der Waals surface area contributed by atoms with E-state index in [2.05, 4.69) is 5.32 Å². The highest BCUT2D eigenvalue weighted by Crippen LogP contribution is 2.15. The number of carbonyl (C=O) groups is 2. The summed E-state index contributed by atoms with van der Waals surface area (Å²) in [6, 6.07) is 9.65. The Balaban J connectivity index is 1.93. The lowest BCUT2D eigenvalue weighted by Gasteiger charge is -2.25. The Bertz CT molecular complexity index is 483. The molecule has 1 aliphatic rings. The monoisotopic (exact) mass is 305 g/mol. The zero-order chi connectivity index (χ0) is 15.8. The number of hydrogen-bond acceptors (Lipinski definition) is 3. The summed E-state index contributed by atoms with van der Waals surface area (Å²) in [5, 5.41) is 11.9. The predicted octanol–water partition coefficient (Wildman–Crippen LogP) is 2.01. The molecule has 2 atom stereocenters. The van der Waals surface area contributed by atoms with Crippen LogP contribution >= 0.6 is 0 Å². The molecule has 1 amide bonds. The molecule has 1 saturated heterocycles. The van der Waals surface area contributed by atoms with E-state index in [0.717, 1.165) is 25.0 Å². The molecule has 1 heterocycles. The molecule has 1 aromatic rings. The minimum Gasteiger partial charge on any atom is -0.481 e. The Hall–Kier alpha value is -1.88. The van der Waals surface area contributed by atoms with Crippen LogP contribution < -0.4 is 5.32 Å². The van der Waals surface area contributed by atoms with Crippen molar-refractivity contribution in [2.75, 3.05) is 13.2 Å². The van der Waals surface area contributed by atoms with Gasteiger partial charge in [0.25, 0.3) is 0 Å². The SMILES string of the molecule is O=C(O)CCC(Cc1ccccc1)NC(=O)C1CCCOC1. The van der Waals surface area contributed by atoms with Crippen molar-refractivity contribution in [3.05, 3.63) is 35.9 Å². The minimum atomic E-state index is -0.840. The van der Waals surface area contributed by atoms with Crippen LogP contribution in [-0.2, 0) is 20.7 Å². The second kappa shape index (κ2) is 8.54. The highest BCUT2D eigenvalue weighted by Gasteiger charge is 2.24. The van der Waals surface area contributed by atoms with Gasteiger partial charge in [-0.2, -0.15) is 0 Å². The summed E-state index contributed by atoms with van der Waals surface area (Å²) in [5.74, 6) is -0.976. The number of carboxylic acids is 1. The summed E-state index contributed by atoms with van der Waals surface area (Å²) in [6.45, 7) is 1.18. The van der Waals surface area contributed by atoms with Crippen LogP contribution in [-0.4, -0.2) is 36.2 Å². The third-order valence-electron chi connectivity index (χ3n) is 3.91. The van der Waals surface area contributed by atoms with E-state index in [9.17, 15) is 9.59 Å². The fourth-order valence-corrected chi connectivity index (χ4v) is 2.69. The maximum Gasteiger partial charge on any atom is 0.303 e. The van der Waals surface area contributed by atoms with Gasteiger partial charge in [0, 0.05) is 19.1 Å². The van der Waals surface area contributed by atoms with Gasteiger partial charge in [0.1, 0.15) is 0 Å². The molecule has 5 nitrogen and oxygen atoms in total. The molecule has 0 bridgehead atoms. The van der Waals surface area contributed by atoms with Crippen molar-refractivity contribution >= 4 is 11.9 Å². The number of aliphatic carboxylic acids is 1. The Morgan fingerprint density at radius 1 is 1.32 bits per heavy atom. The maximum atomic E-state index is 12.3. The molecule has 2 rings (SSSR count). The van der Waals surface area contributed by atoms with Crippen molar-refractivity contribution in [2.24, 2.45) is 5.92 Å². The molecule has 0 saturated carbocycles. The van der Waals surface area contributed by atoms with Gasteiger partial charge >= 0.3 is 5.97 Å². The van der Waals surface area contributed by atoms with E-state index in [1.165, 1.54) is 0 Å². The summed E-state index contributed by atoms with van der Waals surface area (Å²) >= 11 is 0. The summed E-state index contributed by atoms with van der Waals surface area (Å²) in [4.78, 5) is 23.1. The van der Waals surface area contributed by atoms with E-state index in [1.807, 2.05) is 30.3 Å². The lowest BCUT2D eigenvalue weighted by Crippen LogP contribution is -2.42. The molecule has 2 N–H and O–H groups in total. The fourth-order valence-electron chi connectivity index (χ4n) is 2.69. The van der Waals surface area contributed by atoms with Gasteiger partial charge in [-0.25, -0.2) is 0 Å². The van der Waals surface area contributed by atoms with Gasteiger partial charge in [0.15, 0.2) is 0 Å². The molecule has 0 aliphatic carbocycles. The third-order valence-corrected chi connectivity index (χ3v) is 3.91. The zero-order valence-electron chi connectivity index (χ0n) is 12.7. The topological polar surface area (TPSA) is 75.6 Å². The van der Waals surface area contributed by atoms with Crippen LogP contribution in [0.2, 0.25) is 0 Å². The Labute approximate surface area is 130 Å². The van der Waals surface area contributed by atoms with Crippen molar-refractivity contribution < 1.29 is 19.4 Å². The fraction of sp³-hybridized carbons (Fsp3) is 0.529. The van der Waals surface area contributed by atoms with Crippen LogP contribution in [0.1, 0.15) is 31.2 Å². The number of ether oxygens (including phenoxy) is 1. The molecule has 0 radical (unpaired) electrons. The standard InChI is InChI=1S/C17H23NO4/c19-16(20)9-8-15(11-13-5-2-1-3-6-13)18-17(21)14-7-4-10-22-12-14/h1-3,5-6,14-15H,4,7-12H2,(H,18,21)(H,19,20). The first-order chi connectivity index (χ1) is 10.6. The smallest absolute Gasteiger partial charge is 0.303 e. The van der Waals surface area contributed by atoms with E-state index < -0.39 is 5.97 Å². The van der Waals surface area contributed by atoms with Gasteiger partial charge in [0.05, 0.1) is 12.5 Å². The highest BCUT2D eigenvalue weighted by molar-refractivity contribution is 5.79. The molecule has 1 fully saturated rings. The normalized spacial score (nSPS) is 19.4. The number of carboxylic acid groups (broad SMARTS) is 1. The van der Waals surface area contributed by atoms with Gasteiger partial charge in [-0.15, -0.1) is 0 Å². The summed E-state index contributed by atoms with van der Waals surface area (Å²) in [5.41, 5.74) is 1.10. The molecule has 1 aliphatic heterocycles. The van der Waals surface area contributed by atoms with Crippen LogP contribution in [0.15, 0.2) is 30.3 Å². The quantitative estimate of drug-likeness (QED) is 0.808. The Morgan fingerprint density at radius 2 is 2.09 bits per heavy atom. The molecule has 0 aromatic heterocycles. The highest BCUT2D eigenvalue weighted by atomic mass is 16.5. The van der Waals surface area contributed by atoms with Crippen LogP contribution in [0.5, 0.6) is 0 Å². The molecular formula is C17H23NO4. The van der Waals surface area contributed by atoms with E-state index >= 15 is 0 Å². The third kappa shape index (κ3) is 5.48. The number of hydrogen-bond donors (Lipinski definition) is 2. The molecule has 5 heteroatoms. The predicted molar refractivity (Wildman–Crippen MR) is 82.5 cm³/mol. The van der Waals surface area contributed by atoms with Crippen molar-refractivity contribution in [2.45, 2.75) is 38.1 Å². The molecule has 1 aromatic carbocycles. The number of amides is 1. The summed E-state index contributed by atoms with van der Waals surface area (Å²) < 4.78 is 5.35. The molecule has 120 valence electrons. The van der Waals surface area contributed by atoms with Gasteiger partial charge in [-0.05, 0) is 31.2 Å². The molecular weight excluding hydrogens is 282 g/mol. The average Bonchev–Trinajstić information content (AvgIpc) is 2.54.